The Morgan fingerprint density at radius 2 is 1.41 bits per heavy atom. The Balaban J connectivity index is 2.80. The third-order valence-corrected chi connectivity index (χ3v) is 5.47. The molecule has 2 nitrogen and oxygen atoms in total. The van der Waals surface area contributed by atoms with Crippen LogP contribution >= 0.6 is 0 Å². The normalized spacial score (nSPS) is 13.9. The first-order valence-corrected chi connectivity index (χ1v) is 9.85. The Hall–Kier alpha value is -1.80. The van der Waals surface area contributed by atoms with E-state index in [0.717, 1.165) is 11.1 Å². The zero-order chi connectivity index (χ0) is 20.7. The average molecular weight is 368 g/mol. The summed E-state index contributed by atoms with van der Waals surface area (Å²) in [5.41, 5.74) is 6.94. The number of hydrogen-bond donors (Lipinski definition) is 1. The summed E-state index contributed by atoms with van der Waals surface area (Å²) in [7, 11) is 4.17. The van der Waals surface area contributed by atoms with Crippen LogP contribution in [0, 0.1) is 13.8 Å². The van der Waals surface area contributed by atoms with Crippen molar-refractivity contribution in [2.75, 3.05) is 14.1 Å². The molecule has 0 fully saturated rings. The van der Waals surface area contributed by atoms with Crippen LogP contribution in [0.25, 0.3) is 0 Å². The van der Waals surface area contributed by atoms with E-state index in [2.05, 4.69) is 105 Å². The minimum Gasteiger partial charge on any atom is -0.507 e. The zero-order valence-electron chi connectivity index (χ0n) is 18.9. The van der Waals surface area contributed by atoms with Crippen LogP contribution in [0.4, 0.5) is 0 Å². The molecule has 148 valence electrons. The summed E-state index contributed by atoms with van der Waals surface area (Å²) in [6, 6.07) is 11.0. The zero-order valence-corrected chi connectivity index (χ0v) is 18.9. The van der Waals surface area contributed by atoms with Gasteiger partial charge in [0.2, 0.25) is 0 Å². The third-order valence-electron chi connectivity index (χ3n) is 5.47. The first kappa shape index (κ1) is 21.5. The second kappa shape index (κ2) is 7.31. The molecule has 1 unspecified atom stereocenters. The summed E-state index contributed by atoms with van der Waals surface area (Å²) < 4.78 is 0. The number of aryl methyl sites for hydroxylation is 2. The third kappa shape index (κ3) is 4.55. The van der Waals surface area contributed by atoms with E-state index in [4.69, 9.17) is 0 Å². The number of phenolic OH excluding ortho intramolecular Hbond substituents is 1. The van der Waals surface area contributed by atoms with E-state index in [1.807, 2.05) is 0 Å². The molecule has 1 atom stereocenters. The van der Waals surface area contributed by atoms with Crippen molar-refractivity contribution in [3.63, 3.8) is 0 Å². The Morgan fingerprint density at radius 3 is 1.85 bits per heavy atom. The van der Waals surface area contributed by atoms with Gasteiger partial charge in [-0.3, -0.25) is 4.90 Å². The van der Waals surface area contributed by atoms with Gasteiger partial charge in [-0.25, -0.2) is 0 Å². The van der Waals surface area contributed by atoms with Gasteiger partial charge in [-0.15, -0.1) is 0 Å². The lowest BCUT2D eigenvalue weighted by atomic mass is 9.77. The molecule has 0 amide bonds. The van der Waals surface area contributed by atoms with Crippen molar-refractivity contribution in [1.82, 2.24) is 4.90 Å². The maximum Gasteiger partial charge on any atom is 0.124 e. The monoisotopic (exact) mass is 367 g/mol. The number of nitrogens with zero attached hydrogens (tertiary/aromatic N) is 1. The lowest BCUT2D eigenvalue weighted by Gasteiger charge is -2.32. The summed E-state index contributed by atoms with van der Waals surface area (Å²) >= 11 is 0. The van der Waals surface area contributed by atoms with E-state index in [1.165, 1.54) is 22.3 Å². The van der Waals surface area contributed by atoms with Crippen molar-refractivity contribution in [3.8, 4) is 5.75 Å². The van der Waals surface area contributed by atoms with Gasteiger partial charge in [0, 0.05) is 5.56 Å². The van der Waals surface area contributed by atoms with E-state index in [9.17, 15) is 5.11 Å². The molecule has 2 rings (SSSR count). The van der Waals surface area contributed by atoms with Crippen molar-refractivity contribution in [1.29, 1.82) is 0 Å². The molecule has 0 saturated carbocycles. The van der Waals surface area contributed by atoms with Gasteiger partial charge in [0.15, 0.2) is 0 Å². The Kier molecular flexibility index (Phi) is 5.82. The molecule has 0 aliphatic rings. The lowest BCUT2D eigenvalue weighted by Crippen LogP contribution is -2.24. The van der Waals surface area contributed by atoms with Crippen LogP contribution in [-0.4, -0.2) is 24.1 Å². The summed E-state index contributed by atoms with van der Waals surface area (Å²) in [6.45, 7) is 17.5. The Bertz CT molecular complexity index is 819. The number of phenols is 1. The van der Waals surface area contributed by atoms with Crippen molar-refractivity contribution >= 4 is 0 Å². The van der Waals surface area contributed by atoms with Crippen molar-refractivity contribution in [3.05, 3.63) is 63.7 Å². The quantitative estimate of drug-likeness (QED) is 0.692. The van der Waals surface area contributed by atoms with Gasteiger partial charge in [-0.1, -0.05) is 65.8 Å². The summed E-state index contributed by atoms with van der Waals surface area (Å²) in [5.74, 6) is 0.424. The standard InChI is InChI=1S/C25H37NO/c1-16-11-12-18(13-17(16)2)22(26(9)10)20-14-19(24(3,4)5)15-21(23(20)27)25(6,7)8/h11-15,22,27H,1-10H3. The van der Waals surface area contributed by atoms with Crippen molar-refractivity contribution < 1.29 is 5.11 Å². The van der Waals surface area contributed by atoms with E-state index >= 15 is 0 Å². The maximum absolute atomic E-state index is 11.3. The predicted octanol–water partition coefficient (Wildman–Crippen LogP) is 6.26. The number of aromatic hydroxyl groups is 1. The SMILES string of the molecule is Cc1ccc(C(c2cc(C(C)(C)C)cc(C(C)(C)C)c2O)N(C)C)cc1C. The summed E-state index contributed by atoms with van der Waals surface area (Å²) in [4.78, 5) is 2.19. The summed E-state index contributed by atoms with van der Waals surface area (Å²) in [5, 5.41) is 11.3. The molecule has 1 N–H and O–H groups in total. The topological polar surface area (TPSA) is 23.5 Å². The molecule has 2 aromatic carbocycles. The highest BCUT2D eigenvalue weighted by molar-refractivity contribution is 5.52. The van der Waals surface area contributed by atoms with Crippen LogP contribution in [0.1, 0.15) is 81.0 Å². The van der Waals surface area contributed by atoms with Crippen LogP contribution in [0.15, 0.2) is 30.3 Å². The molecule has 0 radical (unpaired) electrons. The van der Waals surface area contributed by atoms with Crippen molar-refractivity contribution in [2.24, 2.45) is 0 Å². The molecule has 0 saturated heterocycles. The van der Waals surface area contributed by atoms with Gasteiger partial charge in [0.1, 0.15) is 5.75 Å². The highest BCUT2D eigenvalue weighted by Crippen LogP contribution is 2.42. The number of benzene rings is 2. The fraction of sp³-hybridized carbons (Fsp3) is 0.520. The molecule has 0 aliphatic heterocycles. The molecule has 0 bridgehead atoms. The largest absolute Gasteiger partial charge is 0.507 e. The van der Waals surface area contributed by atoms with Crippen LogP contribution in [0.3, 0.4) is 0 Å². The average Bonchev–Trinajstić information content (AvgIpc) is 2.50. The first-order chi connectivity index (χ1) is 12.2. The van der Waals surface area contributed by atoms with E-state index in [0.29, 0.717) is 5.75 Å². The highest BCUT2D eigenvalue weighted by atomic mass is 16.3. The molecule has 2 aromatic rings. The van der Waals surface area contributed by atoms with Crippen molar-refractivity contribution in [2.45, 2.75) is 72.3 Å². The Labute approximate surface area is 166 Å². The van der Waals surface area contributed by atoms with Crippen LogP contribution in [-0.2, 0) is 10.8 Å². The molecule has 0 spiro atoms. The first-order valence-electron chi connectivity index (χ1n) is 9.85. The van der Waals surface area contributed by atoms with Gasteiger partial charge in [-0.2, -0.15) is 0 Å². The molecule has 27 heavy (non-hydrogen) atoms. The molecule has 0 aliphatic carbocycles. The van der Waals surface area contributed by atoms with Crippen LogP contribution in [0.2, 0.25) is 0 Å². The van der Waals surface area contributed by atoms with E-state index in [-0.39, 0.29) is 16.9 Å². The lowest BCUT2D eigenvalue weighted by molar-refractivity contribution is 0.328. The van der Waals surface area contributed by atoms with Gasteiger partial charge in [0.05, 0.1) is 6.04 Å². The second-order valence-corrected chi connectivity index (χ2v) is 10.2. The summed E-state index contributed by atoms with van der Waals surface area (Å²) in [6.07, 6.45) is 0. The van der Waals surface area contributed by atoms with Gasteiger partial charge in [0.25, 0.3) is 0 Å². The van der Waals surface area contributed by atoms with Gasteiger partial charge >= 0.3 is 0 Å². The van der Waals surface area contributed by atoms with Crippen LogP contribution in [0.5, 0.6) is 5.75 Å². The van der Waals surface area contributed by atoms with E-state index in [1.54, 1.807) is 0 Å². The van der Waals surface area contributed by atoms with Gasteiger partial charge < -0.3 is 5.11 Å². The molecule has 0 aromatic heterocycles. The Morgan fingerprint density at radius 1 is 0.815 bits per heavy atom. The van der Waals surface area contributed by atoms with Gasteiger partial charge in [-0.05, 0) is 72.7 Å². The predicted molar refractivity (Wildman–Crippen MR) is 117 cm³/mol. The molecule has 2 heteroatoms. The highest BCUT2D eigenvalue weighted by Gasteiger charge is 2.29. The minimum absolute atomic E-state index is 0.00713. The fourth-order valence-corrected chi connectivity index (χ4v) is 3.56. The van der Waals surface area contributed by atoms with Crippen LogP contribution < -0.4 is 0 Å². The smallest absolute Gasteiger partial charge is 0.124 e. The number of hydrogen-bond acceptors (Lipinski definition) is 2. The minimum atomic E-state index is -0.125. The molecular formula is C25H37NO. The maximum atomic E-state index is 11.3. The fourth-order valence-electron chi connectivity index (χ4n) is 3.56. The molecule has 0 heterocycles. The number of rotatable bonds is 3. The molecular weight excluding hydrogens is 330 g/mol. The second-order valence-electron chi connectivity index (χ2n) is 10.2. The van der Waals surface area contributed by atoms with E-state index < -0.39 is 0 Å².